The van der Waals surface area contributed by atoms with Crippen LogP contribution in [-0.4, -0.2) is 73.5 Å². The van der Waals surface area contributed by atoms with Crippen molar-refractivity contribution in [3.8, 4) is 22.5 Å². The van der Waals surface area contributed by atoms with Gasteiger partial charge in [0.2, 0.25) is 0 Å². The summed E-state index contributed by atoms with van der Waals surface area (Å²) >= 11 is 0. The molecule has 0 aliphatic carbocycles. The van der Waals surface area contributed by atoms with Gasteiger partial charge in [0.05, 0.1) is 25.0 Å². The Morgan fingerprint density at radius 3 is 2.65 bits per heavy atom. The third-order valence-corrected chi connectivity index (χ3v) is 6.58. The summed E-state index contributed by atoms with van der Waals surface area (Å²) in [5.41, 5.74) is 10.3. The van der Waals surface area contributed by atoms with Gasteiger partial charge in [-0.15, -0.1) is 0 Å². The first-order valence-electron chi connectivity index (χ1n) is 12.0. The third-order valence-electron chi connectivity index (χ3n) is 6.58. The number of anilines is 2. The van der Waals surface area contributed by atoms with E-state index in [1.165, 1.54) is 6.42 Å². The van der Waals surface area contributed by atoms with Crippen molar-refractivity contribution in [2.24, 2.45) is 5.73 Å². The van der Waals surface area contributed by atoms with Gasteiger partial charge in [0.1, 0.15) is 5.76 Å². The Balaban J connectivity index is 1.44. The SMILES string of the molecule is NC(=O)c1oc(-c2cn[nH]c2)cc1-c1ccc(NCCN2CCOCC2)cc1N1CCCCC1. The number of piperidine rings is 1. The number of amides is 1. The first-order chi connectivity index (χ1) is 16.7. The Morgan fingerprint density at radius 1 is 1.09 bits per heavy atom. The number of rotatable bonds is 8. The number of hydrogen-bond donors (Lipinski definition) is 3. The molecule has 34 heavy (non-hydrogen) atoms. The molecule has 0 spiro atoms. The molecule has 2 saturated heterocycles. The average Bonchev–Trinajstić information content (AvgIpc) is 3.56. The number of nitrogens with one attached hydrogen (secondary N) is 2. The highest BCUT2D eigenvalue weighted by molar-refractivity contribution is 6.00. The van der Waals surface area contributed by atoms with Gasteiger partial charge in [0.15, 0.2) is 5.76 Å². The molecule has 5 rings (SSSR count). The second-order valence-corrected chi connectivity index (χ2v) is 8.87. The van der Waals surface area contributed by atoms with E-state index in [1.54, 1.807) is 12.4 Å². The number of morpholine rings is 1. The van der Waals surface area contributed by atoms with Gasteiger partial charge in [-0.25, -0.2) is 0 Å². The van der Waals surface area contributed by atoms with Crippen molar-refractivity contribution < 1.29 is 13.9 Å². The fourth-order valence-corrected chi connectivity index (χ4v) is 4.75. The molecule has 180 valence electrons. The molecule has 1 amide bonds. The summed E-state index contributed by atoms with van der Waals surface area (Å²) in [6.45, 7) is 7.39. The van der Waals surface area contributed by atoms with Gasteiger partial charge in [-0.2, -0.15) is 5.10 Å². The molecule has 2 aliphatic heterocycles. The maximum Gasteiger partial charge on any atom is 0.285 e. The van der Waals surface area contributed by atoms with Gasteiger partial charge in [0, 0.05) is 68.0 Å². The lowest BCUT2D eigenvalue weighted by Crippen LogP contribution is -2.39. The van der Waals surface area contributed by atoms with Gasteiger partial charge >= 0.3 is 0 Å². The first-order valence-corrected chi connectivity index (χ1v) is 12.0. The molecule has 0 bridgehead atoms. The predicted octanol–water partition coefficient (Wildman–Crippen LogP) is 3.17. The molecule has 4 N–H and O–H groups in total. The lowest BCUT2D eigenvalue weighted by Gasteiger charge is -2.31. The van der Waals surface area contributed by atoms with E-state index in [0.717, 1.165) is 87.8 Å². The van der Waals surface area contributed by atoms with Crippen LogP contribution in [0.5, 0.6) is 0 Å². The maximum atomic E-state index is 12.3. The van der Waals surface area contributed by atoms with E-state index >= 15 is 0 Å². The second kappa shape index (κ2) is 10.3. The predicted molar refractivity (Wildman–Crippen MR) is 132 cm³/mol. The van der Waals surface area contributed by atoms with Crippen molar-refractivity contribution in [1.82, 2.24) is 15.1 Å². The van der Waals surface area contributed by atoms with Crippen molar-refractivity contribution in [3.63, 3.8) is 0 Å². The molecule has 4 heterocycles. The van der Waals surface area contributed by atoms with E-state index < -0.39 is 5.91 Å². The third kappa shape index (κ3) is 4.95. The van der Waals surface area contributed by atoms with E-state index in [9.17, 15) is 4.79 Å². The summed E-state index contributed by atoms with van der Waals surface area (Å²) in [4.78, 5) is 17.1. The van der Waals surface area contributed by atoms with Crippen LogP contribution in [0.25, 0.3) is 22.5 Å². The van der Waals surface area contributed by atoms with Crippen LogP contribution in [0.4, 0.5) is 11.4 Å². The maximum absolute atomic E-state index is 12.3. The zero-order valence-electron chi connectivity index (χ0n) is 19.4. The minimum absolute atomic E-state index is 0.169. The van der Waals surface area contributed by atoms with Crippen molar-refractivity contribution >= 4 is 17.3 Å². The number of nitrogens with zero attached hydrogens (tertiary/aromatic N) is 3. The Morgan fingerprint density at radius 2 is 1.91 bits per heavy atom. The lowest BCUT2D eigenvalue weighted by atomic mass is 9.99. The molecular formula is C25H32N6O3. The molecule has 9 nitrogen and oxygen atoms in total. The minimum atomic E-state index is -0.581. The van der Waals surface area contributed by atoms with Gasteiger partial charge in [-0.3, -0.25) is 14.8 Å². The Bertz CT molecular complexity index is 1100. The van der Waals surface area contributed by atoms with Crippen LogP contribution in [0, 0.1) is 0 Å². The van der Waals surface area contributed by atoms with Crippen LogP contribution in [0.2, 0.25) is 0 Å². The standard InChI is InChI=1S/C25H32N6O3/c26-25(32)24-21(15-23(34-24)18-16-28-29-17-18)20-5-4-19(14-22(20)31-7-2-1-3-8-31)27-6-9-30-10-12-33-13-11-30/h4-5,14-17,27H,1-3,6-13H2,(H2,26,32)(H,28,29). The number of primary amides is 1. The lowest BCUT2D eigenvalue weighted by molar-refractivity contribution is 0.0398. The van der Waals surface area contributed by atoms with Crippen molar-refractivity contribution in [2.75, 3.05) is 62.7 Å². The van der Waals surface area contributed by atoms with Crippen LogP contribution in [0.3, 0.4) is 0 Å². The van der Waals surface area contributed by atoms with E-state index in [-0.39, 0.29) is 5.76 Å². The number of furan rings is 1. The van der Waals surface area contributed by atoms with E-state index in [2.05, 4.69) is 43.5 Å². The zero-order valence-corrected chi connectivity index (χ0v) is 19.4. The summed E-state index contributed by atoms with van der Waals surface area (Å²) < 4.78 is 11.3. The van der Waals surface area contributed by atoms with Crippen LogP contribution >= 0.6 is 0 Å². The largest absolute Gasteiger partial charge is 0.450 e. The van der Waals surface area contributed by atoms with Crippen LogP contribution in [0.1, 0.15) is 29.8 Å². The quantitative estimate of drug-likeness (QED) is 0.469. The summed E-state index contributed by atoms with van der Waals surface area (Å²) in [5, 5.41) is 10.4. The molecule has 0 unspecified atom stereocenters. The molecule has 0 radical (unpaired) electrons. The smallest absolute Gasteiger partial charge is 0.285 e. The van der Waals surface area contributed by atoms with Gasteiger partial charge in [-0.05, 0) is 37.5 Å². The Labute approximate surface area is 199 Å². The zero-order chi connectivity index (χ0) is 23.3. The normalized spacial score (nSPS) is 17.1. The van der Waals surface area contributed by atoms with Gasteiger partial charge in [0.25, 0.3) is 5.91 Å². The van der Waals surface area contributed by atoms with Crippen molar-refractivity contribution in [2.45, 2.75) is 19.3 Å². The summed E-state index contributed by atoms with van der Waals surface area (Å²) in [6, 6.07) is 8.21. The minimum Gasteiger partial charge on any atom is -0.450 e. The van der Waals surface area contributed by atoms with E-state index in [1.807, 2.05) is 6.07 Å². The average molecular weight is 465 g/mol. The molecule has 2 aliphatic rings. The highest BCUT2D eigenvalue weighted by Gasteiger charge is 2.24. The fraction of sp³-hybridized carbons (Fsp3) is 0.440. The Kier molecular flexibility index (Phi) is 6.82. The highest BCUT2D eigenvalue weighted by atomic mass is 16.5. The molecule has 2 fully saturated rings. The van der Waals surface area contributed by atoms with Gasteiger partial charge < -0.3 is 25.1 Å². The van der Waals surface area contributed by atoms with Crippen LogP contribution < -0.4 is 16.0 Å². The highest BCUT2D eigenvalue weighted by Crippen LogP contribution is 2.39. The topological polar surface area (TPSA) is 113 Å². The number of nitrogens with two attached hydrogens (primary N) is 1. The number of H-pyrrole nitrogens is 1. The molecular weight excluding hydrogens is 432 g/mol. The number of aromatic nitrogens is 2. The number of carbonyl (C=O) groups excluding carboxylic acids is 1. The number of benzene rings is 1. The molecule has 0 saturated carbocycles. The monoisotopic (exact) mass is 464 g/mol. The van der Waals surface area contributed by atoms with E-state index in [4.69, 9.17) is 14.9 Å². The van der Waals surface area contributed by atoms with Crippen LogP contribution in [-0.2, 0) is 4.74 Å². The summed E-state index contributed by atoms with van der Waals surface area (Å²) in [5.74, 6) is 0.152. The van der Waals surface area contributed by atoms with E-state index in [0.29, 0.717) is 11.3 Å². The molecule has 2 aromatic heterocycles. The Hall–Kier alpha value is -3.30. The molecule has 0 atom stereocenters. The van der Waals surface area contributed by atoms with Crippen molar-refractivity contribution in [1.29, 1.82) is 0 Å². The number of carbonyl (C=O) groups is 1. The van der Waals surface area contributed by atoms with Crippen molar-refractivity contribution in [3.05, 3.63) is 42.4 Å². The second-order valence-electron chi connectivity index (χ2n) is 8.87. The molecule has 9 heteroatoms. The molecule has 1 aromatic carbocycles. The number of hydrogen-bond acceptors (Lipinski definition) is 7. The van der Waals surface area contributed by atoms with Crippen LogP contribution in [0.15, 0.2) is 41.1 Å². The fourth-order valence-electron chi connectivity index (χ4n) is 4.75. The summed E-state index contributed by atoms with van der Waals surface area (Å²) in [6.07, 6.45) is 6.96. The number of ether oxygens (including phenoxy) is 1. The van der Waals surface area contributed by atoms with Gasteiger partial charge in [-0.1, -0.05) is 6.07 Å². The molecule has 3 aromatic rings. The number of aromatic amines is 1. The first kappa shape index (κ1) is 22.5. The summed E-state index contributed by atoms with van der Waals surface area (Å²) in [7, 11) is 0.